The molecule has 0 rings (SSSR count). The van der Waals surface area contributed by atoms with Gasteiger partial charge in [0, 0.05) is 0 Å². The summed E-state index contributed by atoms with van der Waals surface area (Å²) >= 11 is 4.22. The molecule has 0 aliphatic heterocycles. The largest absolute Gasteiger partial charge is 0.350 e. The maximum absolute atomic E-state index is 5.45. The highest BCUT2D eigenvalue weighted by Gasteiger charge is 2.07. The maximum atomic E-state index is 5.45. The van der Waals surface area contributed by atoms with Gasteiger partial charge in [0.25, 0.3) is 0 Å². The zero-order valence-corrected chi connectivity index (χ0v) is 8.06. The van der Waals surface area contributed by atoms with Gasteiger partial charge in [0.1, 0.15) is 11.7 Å². The molecule has 0 amide bonds. The monoisotopic (exact) mass is 163 g/mol. The third kappa shape index (κ3) is 4.14. The molecule has 2 atom stereocenters. The molecule has 3 heteroatoms. The molecule has 2 unspecified atom stereocenters. The van der Waals surface area contributed by atoms with Crippen LogP contribution >= 0.6 is 12.6 Å². The summed E-state index contributed by atoms with van der Waals surface area (Å²) in [5.74, 6) is 0. The predicted octanol–water partition coefficient (Wildman–Crippen LogP) is 1.58. The first-order chi connectivity index (χ1) is 4.57. The fraction of sp³-hybridized carbons (Fsp3) is 1.00. The summed E-state index contributed by atoms with van der Waals surface area (Å²) in [5, 5.41) is 0. The van der Waals surface area contributed by atoms with Gasteiger partial charge in [-0.15, -0.1) is 12.6 Å². The Hall–Kier alpha value is 0.270. The molecule has 2 nitrogen and oxygen atoms in total. The normalized spacial score (nSPS) is 17.4. The zero-order valence-electron chi connectivity index (χ0n) is 7.16. The average molecular weight is 163 g/mol. The smallest absolute Gasteiger partial charge is 0.108 e. The van der Waals surface area contributed by atoms with Crippen LogP contribution in [0.3, 0.4) is 0 Å². The highest BCUT2D eigenvalue weighted by molar-refractivity contribution is 7.80. The first kappa shape index (κ1) is 10.3. The van der Waals surface area contributed by atoms with Gasteiger partial charge in [-0.05, 0) is 27.4 Å². The molecule has 62 valence electrons. The van der Waals surface area contributed by atoms with Crippen molar-refractivity contribution in [2.24, 2.45) is 0 Å². The molecule has 0 aromatic rings. The summed E-state index contributed by atoms with van der Waals surface area (Å²) < 4.78 is 5.45. The minimum absolute atomic E-state index is 0.0670. The van der Waals surface area contributed by atoms with Crippen LogP contribution in [-0.4, -0.2) is 30.7 Å². The van der Waals surface area contributed by atoms with E-state index in [4.69, 9.17) is 4.74 Å². The van der Waals surface area contributed by atoms with Crippen LogP contribution in [-0.2, 0) is 4.74 Å². The molecule has 0 spiro atoms. The van der Waals surface area contributed by atoms with Gasteiger partial charge in [-0.2, -0.15) is 0 Å². The Morgan fingerprint density at radius 1 is 1.50 bits per heavy atom. The van der Waals surface area contributed by atoms with Gasteiger partial charge in [-0.1, -0.05) is 6.92 Å². The second-order valence-corrected chi connectivity index (χ2v) is 3.14. The van der Waals surface area contributed by atoms with Crippen LogP contribution in [0.1, 0.15) is 20.3 Å². The van der Waals surface area contributed by atoms with Gasteiger partial charge in [0.2, 0.25) is 0 Å². The summed E-state index contributed by atoms with van der Waals surface area (Å²) in [6.45, 7) is 4.07. The molecule has 0 saturated heterocycles. The van der Waals surface area contributed by atoms with Crippen molar-refractivity contribution in [2.45, 2.75) is 31.9 Å². The van der Waals surface area contributed by atoms with E-state index in [0.717, 1.165) is 6.42 Å². The first-order valence-corrected chi connectivity index (χ1v) is 4.09. The molecule has 0 N–H and O–H groups in total. The van der Waals surface area contributed by atoms with Gasteiger partial charge < -0.3 is 4.74 Å². The summed E-state index contributed by atoms with van der Waals surface area (Å²) in [4.78, 5) is 2.01. The molecular weight excluding hydrogens is 146 g/mol. The Bertz CT molecular complexity index is 87.7. The zero-order chi connectivity index (χ0) is 8.15. The SMILES string of the molecule is CCC(S)OC(C)N(C)C. The first-order valence-electron chi connectivity index (χ1n) is 3.57. The molecule has 0 saturated carbocycles. The molecular formula is C7H17NOS. The predicted molar refractivity (Wildman–Crippen MR) is 47.3 cm³/mol. The standard InChI is InChI=1S/C7H17NOS/c1-5-7(10)9-6(2)8(3)4/h6-7,10H,5H2,1-4H3. The summed E-state index contributed by atoms with van der Waals surface area (Å²) in [5.41, 5.74) is 0.0670. The Balaban J connectivity index is 3.46. The van der Waals surface area contributed by atoms with Crippen molar-refractivity contribution >= 4 is 12.6 Å². The number of thiol groups is 1. The molecule has 0 fully saturated rings. The van der Waals surface area contributed by atoms with E-state index >= 15 is 0 Å². The number of hydrogen-bond acceptors (Lipinski definition) is 3. The van der Waals surface area contributed by atoms with Gasteiger partial charge in [-0.3, -0.25) is 4.90 Å². The third-order valence-electron chi connectivity index (χ3n) is 1.43. The highest BCUT2D eigenvalue weighted by Crippen LogP contribution is 2.06. The van der Waals surface area contributed by atoms with Gasteiger partial charge in [0.05, 0.1) is 0 Å². The molecule has 0 heterocycles. The van der Waals surface area contributed by atoms with Crippen molar-refractivity contribution in [2.75, 3.05) is 14.1 Å². The van der Waals surface area contributed by atoms with Gasteiger partial charge >= 0.3 is 0 Å². The Morgan fingerprint density at radius 3 is 2.30 bits per heavy atom. The number of rotatable bonds is 4. The number of ether oxygens (including phenoxy) is 1. The summed E-state index contributed by atoms with van der Waals surface area (Å²) in [6, 6.07) is 0. The summed E-state index contributed by atoms with van der Waals surface area (Å²) in [7, 11) is 3.97. The van der Waals surface area contributed by atoms with Crippen molar-refractivity contribution in [1.29, 1.82) is 0 Å². The van der Waals surface area contributed by atoms with E-state index in [-0.39, 0.29) is 11.7 Å². The second-order valence-electron chi connectivity index (χ2n) is 2.56. The van der Waals surface area contributed by atoms with E-state index in [1.807, 2.05) is 25.9 Å². The van der Waals surface area contributed by atoms with Crippen molar-refractivity contribution < 1.29 is 4.74 Å². The van der Waals surface area contributed by atoms with Crippen LogP contribution in [0.4, 0.5) is 0 Å². The van der Waals surface area contributed by atoms with Crippen LogP contribution in [0, 0.1) is 0 Å². The van der Waals surface area contributed by atoms with Crippen LogP contribution in [0.2, 0.25) is 0 Å². The molecule has 10 heavy (non-hydrogen) atoms. The minimum Gasteiger partial charge on any atom is -0.350 e. The van der Waals surface area contributed by atoms with E-state index in [2.05, 4.69) is 19.6 Å². The van der Waals surface area contributed by atoms with Gasteiger partial charge in [0.15, 0.2) is 0 Å². The van der Waals surface area contributed by atoms with E-state index in [0.29, 0.717) is 0 Å². The van der Waals surface area contributed by atoms with Crippen LogP contribution < -0.4 is 0 Å². The highest BCUT2D eigenvalue weighted by atomic mass is 32.1. The number of hydrogen-bond donors (Lipinski definition) is 1. The molecule has 0 aliphatic carbocycles. The van der Waals surface area contributed by atoms with Crippen LogP contribution in [0.5, 0.6) is 0 Å². The second kappa shape index (κ2) is 4.99. The summed E-state index contributed by atoms with van der Waals surface area (Å²) in [6.07, 6.45) is 1.10. The quantitative estimate of drug-likeness (QED) is 0.499. The lowest BCUT2D eigenvalue weighted by Crippen LogP contribution is -2.29. The van der Waals surface area contributed by atoms with Crippen molar-refractivity contribution in [3.63, 3.8) is 0 Å². The Morgan fingerprint density at radius 2 is 2.00 bits per heavy atom. The van der Waals surface area contributed by atoms with Gasteiger partial charge in [-0.25, -0.2) is 0 Å². The molecule has 0 aliphatic rings. The topological polar surface area (TPSA) is 12.5 Å². The fourth-order valence-electron chi connectivity index (χ4n) is 0.445. The van der Waals surface area contributed by atoms with Crippen molar-refractivity contribution in [1.82, 2.24) is 4.90 Å². The Kier molecular flexibility index (Phi) is 5.13. The molecule has 0 aromatic heterocycles. The van der Waals surface area contributed by atoms with Crippen LogP contribution in [0.15, 0.2) is 0 Å². The van der Waals surface area contributed by atoms with E-state index in [1.165, 1.54) is 0 Å². The lowest BCUT2D eigenvalue weighted by molar-refractivity contribution is -0.0361. The van der Waals surface area contributed by atoms with E-state index in [1.54, 1.807) is 0 Å². The molecule has 0 radical (unpaired) electrons. The third-order valence-corrected chi connectivity index (χ3v) is 1.92. The average Bonchev–Trinajstić information content (AvgIpc) is 1.87. The minimum atomic E-state index is 0.0670. The lowest BCUT2D eigenvalue weighted by Gasteiger charge is -2.22. The van der Waals surface area contributed by atoms with Crippen molar-refractivity contribution in [3.05, 3.63) is 0 Å². The number of nitrogens with zero attached hydrogens (tertiary/aromatic N) is 1. The molecule has 0 bridgehead atoms. The lowest BCUT2D eigenvalue weighted by atomic mass is 10.5. The maximum Gasteiger partial charge on any atom is 0.108 e. The Labute approximate surface area is 69.0 Å². The van der Waals surface area contributed by atoms with Crippen LogP contribution in [0.25, 0.3) is 0 Å². The van der Waals surface area contributed by atoms with E-state index < -0.39 is 0 Å². The van der Waals surface area contributed by atoms with E-state index in [9.17, 15) is 0 Å². The molecule has 0 aromatic carbocycles. The van der Waals surface area contributed by atoms with Crippen molar-refractivity contribution in [3.8, 4) is 0 Å². The fourth-order valence-corrected chi connectivity index (χ4v) is 0.621.